The monoisotopic (exact) mass is 294 g/mol. The highest BCUT2D eigenvalue weighted by atomic mass is 35.5. The molecule has 1 aromatic carbocycles. The van der Waals surface area contributed by atoms with Crippen LogP contribution in [-0.4, -0.2) is 12.7 Å². The number of hydrogen-bond acceptors (Lipinski definition) is 1. The van der Waals surface area contributed by atoms with E-state index >= 15 is 0 Å². The SMILES string of the molecule is CCc1cc(CC)c(C(Cl)C2OCCC2C)c(CC)c1. The fourth-order valence-electron chi connectivity index (χ4n) is 3.25. The van der Waals surface area contributed by atoms with Crippen molar-refractivity contribution in [2.24, 2.45) is 5.92 Å². The van der Waals surface area contributed by atoms with Gasteiger partial charge in [0.15, 0.2) is 0 Å². The fourth-order valence-corrected chi connectivity index (χ4v) is 3.85. The molecule has 0 spiro atoms. The van der Waals surface area contributed by atoms with Gasteiger partial charge in [-0.3, -0.25) is 0 Å². The van der Waals surface area contributed by atoms with Crippen molar-refractivity contribution in [3.63, 3.8) is 0 Å². The zero-order chi connectivity index (χ0) is 14.7. The number of ether oxygens (including phenoxy) is 1. The Labute approximate surface area is 128 Å². The summed E-state index contributed by atoms with van der Waals surface area (Å²) in [6.07, 6.45) is 4.47. The van der Waals surface area contributed by atoms with E-state index in [0.29, 0.717) is 5.92 Å². The predicted molar refractivity (Wildman–Crippen MR) is 86.7 cm³/mol. The van der Waals surface area contributed by atoms with Gasteiger partial charge in [-0.1, -0.05) is 39.8 Å². The Hall–Kier alpha value is -0.530. The van der Waals surface area contributed by atoms with Crippen LogP contribution < -0.4 is 0 Å². The summed E-state index contributed by atoms with van der Waals surface area (Å²) in [6, 6.07) is 4.67. The molecule has 3 unspecified atom stereocenters. The van der Waals surface area contributed by atoms with Gasteiger partial charge in [0.1, 0.15) is 0 Å². The fraction of sp³-hybridized carbons (Fsp3) is 0.667. The van der Waals surface area contributed by atoms with Crippen LogP contribution in [0.25, 0.3) is 0 Å². The van der Waals surface area contributed by atoms with Crippen LogP contribution in [0.2, 0.25) is 0 Å². The lowest BCUT2D eigenvalue weighted by atomic mass is 9.87. The van der Waals surface area contributed by atoms with Gasteiger partial charge >= 0.3 is 0 Å². The Morgan fingerprint density at radius 3 is 2.15 bits per heavy atom. The number of halogens is 1. The number of benzene rings is 1. The van der Waals surface area contributed by atoms with Gasteiger partial charge in [-0.2, -0.15) is 0 Å². The van der Waals surface area contributed by atoms with Crippen molar-refractivity contribution in [2.75, 3.05) is 6.61 Å². The van der Waals surface area contributed by atoms with Crippen molar-refractivity contribution in [3.8, 4) is 0 Å². The third-order valence-electron chi connectivity index (χ3n) is 4.59. The highest BCUT2D eigenvalue weighted by Gasteiger charge is 2.33. The molecule has 1 heterocycles. The number of rotatable bonds is 5. The average Bonchev–Trinajstić information content (AvgIpc) is 2.91. The van der Waals surface area contributed by atoms with Gasteiger partial charge in [0.25, 0.3) is 0 Å². The lowest BCUT2D eigenvalue weighted by Crippen LogP contribution is -2.21. The van der Waals surface area contributed by atoms with Crippen molar-refractivity contribution in [2.45, 2.75) is 64.9 Å². The number of alkyl halides is 1. The number of hydrogen-bond donors (Lipinski definition) is 0. The summed E-state index contributed by atoms with van der Waals surface area (Å²) in [5.74, 6) is 0.553. The van der Waals surface area contributed by atoms with Crippen LogP contribution >= 0.6 is 11.6 Å². The normalized spacial score (nSPS) is 24.1. The third kappa shape index (κ3) is 3.04. The Balaban J connectivity index is 2.42. The molecule has 1 saturated heterocycles. The Kier molecular flexibility index (Phi) is 5.51. The van der Waals surface area contributed by atoms with Gasteiger partial charge in [0.2, 0.25) is 0 Å². The lowest BCUT2D eigenvalue weighted by Gasteiger charge is -2.26. The maximum absolute atomic E-state index is 6.85. The van der Waals surface area contributed by atoms with E-state index < -0.39 is 0 Å². The summed E-state index contributed by atoms with van der Waals surface area (Å²) in [5.41, 5.74) is 5.58. The van der Waals surface area contributed by atoms with Crippen molar-refractivity contribution in [1.29, 1.82) is 0 Å². The molecule has 112 valence electrons. The lowest BCUT2D eigenvalue weighted by molar-refractivity contribution is 0.0900. The molecule has 0 saturated carbocycles. The van der Waals surface area contributed by atoms with Crippen LogP contribution in [0.3, 0.4) is 0 Å². The summed E-state index contributed by atoms with van der Waals surface area (Å²) in [5, 5.41) is -0.0108. The minimum atomic E-state index is -0.0108. The van der Waals surface area contributed by atoms with Crippen LogP contribution in [0.5, 0.6) is 0 Å². The highest BCUT2D eigenvalue weighted by Crippen LogP contribution is 2.39. The van der Waals surface area contributed by atoms with E-state index in [9.17, 15) is 0 Å². The summed E-state index contributed by atoms with van der Waals surface area (Å²) >= 11 is 6.85. The smallest absolute Gasteiger partial charge is 0.0855 e. The second kappa shape index (κ2) is 6.95. The van der Waals surface area contributed by atoms with E-state index in [-0.39, 0.29) is 11.5 Å². The summed E-state index contributed by atoms with van der Waals surface area (Å²) in [4.78, 5) is 0. The molecule has 0 aliphatic carbocycles. The van der Waals surface area contributed by atoms with Crippen LogP contribution in [0.4, 0.5) is 0 Å². The second-order valence-corrected chi connectivity index (χ2v) is 6.36. The molecule has 0 bridgehead atoms. The summed E-state index contributed by atoms with van der Waals surface area (Å²) in [6.45, 7) is 9.77. The Morgan fingerprint density at radius 2 is 1.75 bits per heavy atom. The molecule has 20 heavy (non-hydrogen) atoms. The molecule has 0 aromatic heterocycles. The molecule has 1 nitrogen and oxygen atoms in total. The molecule has 0 amide bonds. The molecule has 1 aliphatic rings. The Bertz CT molecular complexity index is 430. The van der Waals surface area contributed by atoms with E-state index in [1.165, 1.54) is 22.3 Å². The van der Waals surface area contributed by atoms with E-state index in [1.807, 2.05) is 0 Å². The van der Waals surface area contributed by atoms with Crippen molar-refractivity contribution in [1.82, 2.24) is 0 Å². The molecular formula is C18H27ClO. The van der Waals surface area contributed by atoms with Crippen LogP contribution in [0.1, 0.15) is 61.7 Å². The largest absolute Gasteiger partial charge is 0.376 e. The minimum absolute atomic E-state index is 0.0108. The van der Waals surface area contributed by atoms with E-state index in [4.69, 9.17) is 16.3 Å². The first-order valence-electron chi connectivity index (χ1n) is 8.02. The quantitative estimate of drug-likeness (QED) is 0.688. The maximum atomic E-state index is 6.85. The van der Waals surface area contributed by atoms with Crippen molar-refractivity contribution in [3.05, 3.63) is 34.4 Å². The van der Waals surface area contributed by atoms with Crippen LogP contribution in [-0.2, 0) is 24.0 Å². The molecule has 0 N–H and O–H groups in total. The van der Waals surface area contributed by atoms with E-state index in [2.05, 4.69) is 39.8 Å². The molecule has 1 fully saturated rings. The topological polar surface area (TPSA) is 9.23 Å². The van der Waals surface area contributed by atoms with Crippen molar-refractivity contribution >= 4 is 11.6 Å². The Morgan fingerprint density at radius 1 is 1.15 bits per heavy atom. The third-order valence-corrected chi connectivity index (χ3v) is 5.06. The summed E-state index contributed by atoms with van der Waals surface area (Å²) < 4.78 is 5.91. The van der Waals surface area contributed by atoms with E-state index in [1.54, 1.807) is 0 Å². The zero-order valence-corrected chi connectivity index (χ0v) is 14.0. The average molecular weight is 295 g/mol. The predicted octanol–water partition coefficient (Wildman–Crippen LogP) is 5.08. The van der Waals surface area contributed by atoms with Gasteiger partial charge in [-0.05, 0) is 53.9 Å². The second-order valence-electron chi connectivity index (χ2n) is 5.89. The van der Waals surface area contributed by atoms with Gasteiger partial charge in [-0.25, -0.2) is 0 Å². The molecule has 2 heteroatoms. The van der Waals surface area contributed by atoms with Crippen LogP contribution in [0.15, 0.2) is 12.1 Å². The van der Waals surface area contributed by atoms with Gasteiger partial charge in [-0.15, -0.1) is 11.6 Å². The zero-order valence-electron chi connectivity index (χ0n) is 13.2. The van der Waals surface area contributed by atoms with E-state index in [0.717, 1.165) is 32.3 Å². The van der Waals surface area contributed by atoms with Gasteiger partial charge < -0.3 is 4.74 Å². The molecule has 1 aromatic rings. The maximum Gasteiger partial charge on any atom is 0.0855 e. The highest BCUT2D eigenvalue weighted by molar-refractivity contribution is 6.21. The molecular weight excluding hydrogens is 268 g/mol. The van der Waals surface area contributed by atoms with Gasteiger partial charge in [0, 0.05) is 6.61 Å². The first kappa shape index (κ1) is 15.9. The molecule has 2 rings (SSSR count). The van der Waals surface area contributed by atoms with Crippen molar-refractivity contribution < 1.29 is 4.74 Å². The molecule has 0 radical (unpaired) electrons. The molecule has 1 aliphatic heterocycles. The minimum Gasteiger partial charge on any atom is -0.376 e. The molecule has 3 atom stereocenters. The first-order chi connectivity index (χ1) is 9.62. The number of aryl methyl sites for hydroxylation is 3. The van der Waals surface area contributed by atoms with Crippen LogP contribution in [0, 0.1) is 5.92 Å². The first-order valence-corrected chi connectivity index (χ1v) is 8.46. The standard InChI is InChI=1S/C18H27ClO/c1-5-13-10-14(6-2)16(15(7-3)11-13)17(19)18-12(4)8-9-20-18/h10-12,17-18H,5-9H2,1-4H3. The van der Waals surface area contributed by atoms with Gasteiger partial charge in [0.05, 0.1) is 11.5 Å². The summed E-state index contributed by atoms with van der Waals surface area (Å²) in [7, 11) is 0.